The molecule has 0 saturated heterocycles. The van der Waals surface area contributed by atoms with E-state index in [0.29, 0.717) is 0 Å². The molecule has 0 aliphatic heterocycles. The minimum Gasteiger partial charge on any atom is -0.344 e. The predicted molar refractivity (Wildman–Crippen MR) is 41.3 cm³/mol. The van der Waals surface area contributed by atoms with Gasteiger partial charge in [-0.2, -0.15) is 11.3 Å². The third kappa shape index (κ3) is 3.02. The number of halogens is 1. The molecule has 0 aliphatic carbocycles. The minimum atomic E-state index is 0. The van der Waals surface area contributed by atoms with Crippen LogP contribution in [0, 0.1) is 6.92 Å². The standard InChI is InChI=1S/C5H6S.ClH.H3N/c1-5-2-3-6-4-5;;/h2-4H,1H3;1H;1H3. The first kappa shape index (κ1) is 10.8. The van der Waals surface area contributed by atoms with Gasteiger partial charge in [0.05, 0.1) is 0 Å². The lowest BCUT2D eigenvalue weighted by Crippen LogP contribution is -1.47. The van der Waals surface area contributed by atoms with Crippen LogP contribution in [0.4, 0.5) is 0 Å². The maximum atomic E-state index is 2.12. The molecular weight excluding hydrogens is 142 g/mol. The summed E-state index contributed by atoms with van der Waals surface area (Å²) in [4.78, 5) is 0. The number of hydrogen-bond acceptors (Lipinski definition) is 2. The van der Waals surface area contributed by atoms with Crippen molar-refractivity contribution in [3.63, 3.8) is 0 Å². The molecule has 1 heterocycles. The Kier molecular flexibility index (Phi) is 6.91. The normalized spacial score (nSPS) is 6.62. The summed E-state index contributed by atoms with van der Waals surface area (Å²) in [6, 6.07) is 2.10. The van der Waals surface area contributed by atoms with Gasteiger partial charge in [-0.3, -0.25) is 0 Å². The second-order valence-electron chi connectivity index (χ2n) is 1.30. The van der Waals surface area contributed by atoms with E-state index in [9.17, 15) is 0 Å². The van der Waals surface area contributed by atoms with Crippen LogP contribution >= 0.6 is 23.7 Å². The lowest BCUT2D eigenvalue weighted by atomic mass is 10.4. The fraction of sp³-hybridized carbons (Fsp3) is 0.200. The highest BCUT2D eigenvalue weighted by molar-refractivity contribution is 7.07. The van der Waals surface area contributed by atoms with E-state index in [1.807, 2.05) is 0 Å². The quantitative estimate of drug-likeness (QED) is 0.608. The Hall–Kier alpha value is -0.0500. The Balaban J connectivity index is 0. The molecule has 0 fully saturated rings. The molecule has 0 bridgehead atoms. The van der Waals surface area contributed by atoms with Gasteiger partial charge in [0.2, 0.25) is 0 Å². The van der Waals surface area contributed by atoms with Crippen molar-refractivity contribution in [2.24, 2.45) is 0 Å². The maximum Gasteiger partial charge on any atom is -0.00641 e. The summed E-state index contributed by atoms with van der Waals surface area (Å²) >= 11 is 1.74. The van der Waals surface area contributed by atoms with Gasteiger partial charge in [0.1, 0.15) is 0 Å². The number of hydrogen-bond donors (Lipinski definition) is 1. The summed E-state index contributed by atoms with van der Waals surface area (Å²) in [7, 11) is 0. The van der Waals surface area contributed by atoms with E-state index in [0.717, 1.165) is 0 Å². The van der Waals surface area contributed by atoms with Gasteiger partial charge < -0.3 is 6.15 Å². The van der Waals surface area contributed by atoms with Gasteiger partial charge in [-0.25, -0.2) is 0 Å². The summed E-state index contributed by atoms with van der Waals surface area (Å²) in [6.45, 7) is 2.09. The smallest absolute Gasteiger partial charge is 0.00641 e. The molecule has 0 aromatic carbocycles. The SMILES string of the molecule is Cc1ccsc1.Cl.N. The van der Waals surface area contributed by atoms with Gasteiger partial charge in [-0.15, -0.1) is 12.4 Å². The lowest BCUT2D eigenvalue weighted by Gasteiger charge is -1.65. The molecule has 3 N–H and O–H groups in total. The molecule has 1 aromatic heterocycles. The Morgan fingerprint density at radius 1 is 1.50 bits per heavy atom. The Morgan fingerprint density at radius 2 is 2.12 bits per heavy atom. The molecule has 1 nitrogen and oxygen atoms in total. The topological polar surface area (TPSA) is 35.0 Å². The maximum absolute atomic E-state index is 2.12. The number of rotatable bonds is 0. The average molecular weight is 152 g/mol. The van der Waals surface area contributed by atoms with E-state index >= 15 is 0 Å². The third-order valence-electron chi connectivity index (χ3n) is 0.663. The van der Waals surface area contributed by atoms with Gasteiger partial charge in [-0.1, -0.05) is 0 Å². The molecule has 0 saturated carbocycles. The third-order valence-corrected chi connectivity index (χ3v) is 1.46. The molecule has 48 valence electrons. The van der Waals surface area contributed by atoms with Gasteiger partial charge >= 0.3 is 0 Å². The minimum absolute atomic E-state index is 0. The zero-order chi connectivity index (χ0) is 4.41. The van der Waals surface area contributed by atoms with Crippen molar-refractivity contribution in [1.29, 1.82) is 0 Å². The largest absolute Gasteiger partial charge is 0.344 e. The fourth-order valence-electron chi connectivity index (χ4n) is 0.333. The van der Waals surface area contributed by atoms with E-state index in [-0.39, 0.29) is 18.6 Å². The fourth-order valence-corrected chi connectivity index (χ4v) is 0.998. The molecule has 0 aliphatic rings. The zero-order valence-electron chi connectivity index (χ0n) is 4.76. The van der Waals surface area contributed by atoms with Gasteiger partial charge in [0.25, 0.3) is 0 Å². The second kappa shape index (κ2) is 5.09. The van der Waals surface area contributed by atoms with Crippen LogP contribution in [0.15, 0.2) is 16.8 Å². The Labute approximate surface area is 59.7 Å². The van der Waals surface area contributed by atoms with Crippen molar-refractivity contribution in [2.45, 2.75) is 6.92 Å². The highest BCUT2D eigenvalue weighted by Gasteiger charge is 1.74. The monoisotopic (exact) mass is 151 g/mol. The number of thiophene rings is 1. The van der Waals surface area contributed by atoms with E-state index in [1.54, 1.807) is 11.3 Å². The Bertz CT molecular complexity index is 116. The molecule has 0 amide bonds. The van der Waals surface area contributed by atoms with Crippen molar-refractivity contribution in [3.05, 3.63) is 22.4 Å². The van der Waals surface area contributed by atoms with E-state index in [4.69, 9.17) is 0 Å². The molecule has 1 rings (SSSR count). The van der Waals surface area contributed by atoms with Crippen LogP contribution in [0.2, 0.25) is 0 Å². The second-order valence-corrected chi connectivity index (χ2v) is 2.08. The van der Waals surface area contributed by atoms with Gasteiger partial charge in [0.15, 0.2) is 0 Å². The summed E-state index contributed by atoms with van der Waals surface area (Å²) < 4.78 is 0. The molecule has 0 spiro atoms. The molecular formula is C5H10ClNS. The highest BCUT2D eigenvalue weighted by atomic mass is 35.5. The van der Waals surface area contributed by atoms with Crippen LogP contribution in [0.25, 0.3) is 0 Å². The van der Waals surface area contributed by atoms with Crippen LogP contribution in [-0.4, -0.2) is 0 Å². The summed E-state index contributed by atoms with van der Waals surface area (Å²) in [5, 5.41) is 4.20. The van der Waals surface area contributed by atoms with Gasteiger partial charge in [-0.05, 0) is 29.3 Å². The highest BCUT2D eigenvalue weighted by Crippen LogP contribution is 2.01. The van der Waals surface area contributed by atoms with Crippen molar-refractivity contribution in [3.8, 4) is 0 Å². The van der Waals surface area contributed by atoms with Gasteiger partial charge in [0, 0.05) is 0 Å². The van der Waals surface area contributed by atoms with Crippen LogP contribution < -0.4 is 6.15 Å². The van der Waals surface area contributed by atoms with E-state index in [1.165, 1.54) is 5.56 Å². The van der Waals surface area contributed by atoms with Crippen molar-refractivity contribution in [2.75, 3.05) is 0 Å². The molecule has 8 heavy (non-hydrogen) atoms. The van der Waals surface area contributed by atoms with E-state index in [2.05, 4.69) is 23.8 Å². The molecule has 0 atom stereocenters. The first-order valence-corrected chi connectivity index (χ1v) is 2.82. The first-order valence-electron chi connectivity index (χ1n) is 1.88. The molecule has 3 heteroatoms. The number of aryl methyl sites for hydroxylation is 1. The summed E-state index contributed by atoms with van der Waals surface area (Å²) in [6.07, 6.45) is 0. The van der Waals surface area contributed by atoms with Crippen LogP contribution in [0.1, 0.15) is 5.56 Å². The van der Waals surface area contributed by atoms with Crippen LogP contribution in [0.5, 0.6) is 0 Å². The average Bonchev–Trinajstić information content (AvgIpc) is 1.86. The van der Waals surface area contributed by atoms with Crippen molar-refractivity contribution >= 4 is 23.7 Å². The molecule has 0 unspecified atom stereocenters. The van der Waals surface area contributed by atoms with E-state index < -0.39 is 0 Å². The Morgan fingerprint density at radius 3 is 2.25 bits per heavy atom. The lowest BCUT2D eigenvalue weighted by molar-refractivity contribution is 1.56. The van der Waals surface area contributed by atoms with Crippen LogP contribution in [-0.2, 0) is 0 Å². The van der Waals surface area contributed by atoms with Crippen molar-refractivity contribution < 1.29 is 0 Å². The zero-order valence-corrected chi connectivity index (χ0v) is 6.39. The first-order chi connectivity index (χ1) is 2.89. The summed E-state index contributed by atoms with van der Waals surface area (Å²) in [5.41, 5.74) is 1.36. The van der Waals surface area contributed by atoms with Crippen LogP contribution in [0.3, 0.4) is 0 Å². The predicted octanol–water partition coefficient (Wildman–Crippen LogP) is 2.64. The summed E-state index contributed by atoms with van der Waals surface area (Å²) in [5.74, 6) is 0. The van der Waals surface area contributed by atoms with Crippen molar-refractivity contribution in [1.82, 2.24) is 6.15 Å². The molecule has 1 aromatic rings. The molecule has 0 radical (unpaired) electrons.